The Balaban J connectivity index is 1.42. The third kappa shape index (κ3) is 4.95. The highest BCUT2D eigenvalue weighted by molar-refractivity contribution is 7.23. The number of alkyl halides is 2. The van der Waals surface area contributed by atoms with Gasteiger partial charge in [0, 0.05) is 29.1 Å². The van der Waals surface area contributed by atoms with Gasteiger partial charge < -0.3 is 26.6 Å². The molecule has 1 saturated carbocycles. The van der Waals surface area contributed by atoms with Gasteiger partial charge in [-0.15, -0.1) is 11.3 Å². The predicted octanol–water partition coefficient (Wildman–Crippen LogP) is 7.25. The van der Waals surface area contributed by atoms with Gasteiger partial charge >= 0.3 is 6.01 Å². The van der Waals surface area contributed by atoms with E-state index >= 15 is 4.39 Å². The second-order valence-electron chi connectivity index (χ2n) is 12.6. The fraction of sp³-hybridized carbons (Fsp3) is 0.333. The lowest BCUT2D eigenvalue weighted by Gasteiger charge is -2.31. The van der Waals surface area contributed by atoms with Crippen molar-refractivity contribution in [1.82, 2.24) is 19.9 Å². The van der Waals surface area contributed by atoms with Gasteiger partial charge in [0.1, 0.15) is 45.9 Å². The van der Waals surface area contributed by atoms with Crippen molar-refractivity contribution in [2.45, 2.75) is 50.8 Å². The van der Waals surface area contributed by atoms with Gasteiger partial charge in [0.25, 0.3) is 5.92 Å². The highest BCUT2D eigenvalue weighted by Crippen LogP contribution is 2.68. The number of pyridine rings is 1. The summed E-state index contributed by atoms with van der Waals surface area (Å²) in [6.45, 7) is 3.81. The number of phenolic OH excluding ortho intramolecular Hbond substituents is 1. The number of likely N-dealkylation sites (N-methyl/N-ethyl adjacent to an activating group) is 1. The van der Waals surface area contributed by atoms with E-state index in [1.54, 1.807) is 33.0 Å². The number of nitriles is 1. The number of aromatic nitrogens is 3. The lowest BCUT2D eigenvalue weighted by Crippen LogP contribution is -2.44. The summed E-state index contributed by atoms with van der Waals surface area (Å²) in [4.78, 5) is 14.7. The summed E-state index contributed by atoms with van der Waals surface area (Å²) >= 11 is 7.50. The van der Waals surface area contributed by atoms with Crippen LogP contribution in [-0.2, 0) is 0 Å². The average molecular weight is 713 g/mol. The standard InChI is InChI=1S/C33H29ClF4N8O2S/c1-13(15-5-4-9-42-28(15)40)43-30-21-24(44-31(45-30)48-14(2)27-32(8-10-46(27)3)12-33(32,37)38)23(36)20(22(34)25(21)47)16-6-7-18(35)26-19(16)17(11-39)29(41)49-26/h4-7,9,13-14,27,47H,8,10,12,41H2,1-3H3,(H2,40,42)(H,43,44,45)/t13-,14+,27-,32-/m1/s1. The normalized spacial score (nSPS) is 21.2. The number of anilines is 3. The number of ether oxygens (including phenoxy) is 1. The summed E-state index contributed by atoms with van der Waals surface area (Å²) in [7, 11) is 1.74. The molecule has 2 aromatic carbocycles. The van der Waals surface area contributed by atoms with Crippen LogP contribution in [0.1, 0.15) is 43.9 Å². The second-order valence-corrected chi connectivity index (χ2v) is 14.0. The van der Waals surface area contributed by atoms with Crippen molar-refractivity contribution in [2.75, 3.05) is 30.4 Å². The van der Waals surface area contributed by atoms with Crippen LogP contribution in [0.3, 0.4) is 0 Å². The molecular formula is C33H29ClF4N8O2S. The first-order chi connectivity index (χ1) is 23.2. The van der Waals surface area contributed by atoms with Gasteiger partial charge in [-0.05, 0) is 51.6 Å². The van der Waals surface area contributed by atoms with Gasteiger partial charge in [0.2, 0.25) is 0 Å². The number of aromatic hydroxyl groups is 1. The summed E-state index contributed by atoms with van der Waals surface area (Å²) in [5.41, 5.74) is 10.5. The monoisotopic (exact) mass is 712 g/mol. The lowest BCUT2D eigenvalue weighted by atomic mass is 9.92. The quantitative estimate of drug-likeness (QED) is 0.127. The Kier molecular flexibility index (Phi) is 7.69. The van der Waals surface area contributed by atoms with Crippen molar-refractivity contribution in [3.63, 3.8) is 0 Å². The van der Waals surface area contributed by atoms with Gasteiger partial charge in [-0.2, -0.15) is 15.2 Å². The maximum absolute atomic E-state index is 17.0. The molecule has 1 saturated heterocycles. The van der Waals surface area contributed by atoms with Crippen LogP contribution < -0.4 is 21.5 Å². The van der Waals surface area contributed by atoms with E-state index in [9.17, 15) is 23.5 Å². The molecule has 3 aromatic heterocycles. The number of hydrogen-bond donors (Lipinski definition) is 4. The molecule has 10 nitrogen and oxygen atoms in total. The van der Waals surface area contributed by atoms with Crippen molar-refractivity contribution >= 4 is 60.6 Å². The number of halogens is 5. The van der Waals surface area contributed by atoms with Gasteiger partial charge in [-0.25, -0.2) is 22.5 Å². The third-order valence-corrected chi connectivity index (χ3v) is 11.1. The Hall–Kier alpha value is -4.65. The maximum Gasteiger partial charge on any atom is 0.319 e. The second kappa shape index (κ2) is 11.5. The molecule has 16 heteroatoms. The van der Waals surface area contributed by atoms with Crippen molar-refractivity contribution in [3.8, 4) is 29.0 Å². The largest absolute Gasteiger partial charge is 0.506 e. The Morgan fingerprint density at radius 2 is 1.94 bits per heavy atom. The molecule has 6 N–H and O–H groups in total. The lowest BCUT2D eigenvalue weighted by molar-refractivity contribution is 0.0136. The van der Waals surface area contributed by atoms with Gasteiger partial charge in [0.05, 0.1) is 38.2 Å². The first kappa shape index (κ1) is 32.9. The fourth-order valence-electron chi connectivity index (χ4n) is 7.31. The van der Waals surface area contributed by atoms with Crippen molar-refractivity contribution < 1.29 is 27.4 Å². The molecule has 2 fully saturated rings. The molecule has 1 aliphatic heterocycles. The molecule has 1 aliphatic carbocycles. The zero-order chi connectivity index (χ0) is 35.2. The Morgan fingerprint density at radius 3 is 2.61 bits per heavy atom. The van der Waals surface area contributed by atoms with E-state index in [1.807, 2.05) is 11.0 Å². The van der Waals surface area contributed by atoms with Crippen LogP contribution in [-0.4, -0.2) is 56.6 Å². The molecule has 0 bridgehead atoms. The van der Waals surface area contributed by atoms with E-state index in [-0.39, 0.29) is 61.2 Å². The predicted molar refractivity (Wildman–Crippen MR) is 180 cm³/mol. The fourth-order valence-corrected chi connectivity index (χ4v) is 8.54. The number of fused-ring (bicyclic) bond motifs is 2. The molecule has 0 radical (unpaired) electrons. The molecule has 0 unspecified atom stereocenters. The third-order valence-electron chi connectivity index (χ3n) is 9.70. The number of nitrogens with zero attached hydrogens (tertiary/aromatic N) is 5. The summed E-state index contributed by atoms with van der Waals surface area (Å²) < 4.78 is 67.3. The van der Waals surface area contributed by atoms with E-state index in [2.05, 4.69) is 20.3 Å². The maximum atomic E-state index is 17.0. The number of thiophene rings is 1. The number of phenols is 1. The van der Waals surface area contributed by atoms with Gasteiger partial charge in [-0.3, -0.25) is 4.90 Å². The number of nitrogens with one attached hydrogen (secondary N) is 1. The van der Waals surface area contributed by atoms with E-state index in [4.69, 9.17) is 27.8 Å². The van der Waals surface area contributed by atoms with Gasteiger partial charge in [-0.1, -0.05) is 23.7 Å². The SMILES string of the molecule is C[C@H](Oc1nc(N[C@H](C)c2cccnc2N)c2c(O)c(Cl)c(-c3ccc(F)c4sc(N)c(C#N)c34)c(F)c2n1)[C@H]1N(C)CC[C@@]12CC2(F)F. The van der Waals surface area contributed by atoms with E-state index in [0.29, 0.717) is 18.5 Å². The van der Waals surface area contributed by atoms with E-state index in [1.165, 1.54) is 12.3 Å². The summed E-state index contributed by atoms with van der Waals surface area (Å²) in [5, 5.41) is 23.9. The van der Waals surface area contributed by atoms with Crippen molar-refractivity contribution in [3.05, 3.63) is 58.2 Å². The van der Waals surface area contributed by atoms with E-state index in [0.717, 1.165) is 17.4 Å². The molecule has 7 rings (SSSR count). The van der Waals surface area contributed by atoms with Crippen molar-refractivity contribution in [1.29, 1.82) is 5.26 Å². The van der Waals surface area contributed by atoms with Crippen LogP contribution in [0, 0.1) is 28.4 Å². The van der Waals surface area contributed by atoms with Crippen LogP contribution in [0.15, 0.2) is 30.5 Å². The molecule has 1 spiro atoms. The van der Waals surface area contributed by atoms with E-state index < -0.39 is 57.4 Å². The van der Waals surface area contributed by atoms with Crippen LogP contribution in [0.25, 0.3) is 32.1 Å². The molecule has 4 atom stereocenters. The molecule has 49 heavy (non-hydrogen) atoms. The summed E-state index contributed by atoms with van der Waals surface area (Å²) in [5.74, 6) is -5.08. The highest BCUT2D eigenvalue weighted by Gasteiger charge is 2.77. The minimum absolute atomic E-state index is 0.00105. The summed E-state index contributed by atoms with van der Waals surface area (Å²) in [6.07, 6.45) is 0.679. The van der Waals surface area contributed by atoms with Crippen molar-refractivity contribution in [2.24, 2.45) is 5.41 Å². The van der Waals surface area contributed by atoms with Crippen LogP contribution in [0.4, 0.5) is 34.2 Å². The molecular weight excluding hydrogens is 684 g/mol. The Labute approximate surface area is 286 Å². The summed E-state index contributed by atoms with van der Waals surface area (Å²) in [6, 6.07) is 6.00. The molecule has 4 heterocycles. The molecule has 2 aliphatic rings. The highest BCUT2D eigenvalue weighted by atomic mass is 35.5. The number of likely N-dealkylation sites (tertiary alicyclic amines) is 1. The number of rotatable bonds is 7. The first-order valence-corrected chi connectivity index (χ1v) is 16.4. The number of nitrogen functional groups attached to an aromatic ring is 2. The first-order valence-electron chi connectivity index (χ1n) is 15.2. The van der Waals surface area contributed by atoms with Crippen LogP contribution >= 0.6 is 22.9 Å². The number of nitrogens with two attached hydrogens (primary N) is 2. The van der Waals surface area contributed by atoms with Gasteiger partial charge in [0.15, 0.2) is 5.82 Å². The topological polar surface area (TPSA) is 159 Å². The Morgan fingerprint density at radius 1 is 1.20 bits per heavy atom. The zero-order valence-electron chi connectivity index (χ0n) is 26.3. The average Bonchev–Trinajstić information content (AvgIpc) is 3.27. The number of benzene rings is 2. The van der Waals surface area contributed by atoms with Crippen LogP contribution in [0.5, 0.6) is 11.8 Å². The Bertz CT molecular complexity index is 2230. The molecule has 254 valence electrons. The number of hydrogen-bond acceptors (Lipinski definition) is 11. The molecule has 0 amide bonds. The smallest absolute Gasteiger partial charge is 0.319 e. The zero-order valence-corrected chi connectivity index (χ0v) is 27.9. The minimum atomic E-state index is -2.85. The minimum Gasteiger partial charge on any atom is -0.506 e. The molecule has 5 aromatic rings. The van der Waals surface area contributed by atoms with Crippen LogP contribution in [0.2, 0.25) is 5.02 Å².